The number of para-hydroxylation sites is 2. The molecule has 0 radical (unpaired) electrons. The molecule has 228 valence electrons. The highest BCUT2D eigenvalue weighted by Crippen LogP contribution is 2.32. The molecular weight excluding hydrogens is 548 g/mol. The van der Waals surface area contributed by atoms with Crippen LogP contribution in [0.1, 0.15) is 62.3 Å². The van der Waals surface area contributed by atoms with Gasteiger partial charge in [-0.1, -0.05) is 60.7 Å². The van der Waals surface area contributed by atoms with E-state index < -0.39 is 6.03 Å². The molecule has 0 aromatic heterocycles. The normalized spacial score (nSPS) is 11.5. The third-order valence-corrected chi connectivity index (χ3v) is 7.81. The Morgan fingerprint density at radius 3 is 1.25 bits per heavy atom. The highest BCUT2D eigenvalue weighted by molar-refractivity contribution is 6.05. The van der Waals surface area contributed by atoms with Crippen molar-refractivity contribution in [2.75, 3.05) is 24.7 Å². The number of rotatable bonds is 6. The quantitative estimate of drug-likeness (QED) is 0.237. The predicted molar refractivity (Wildman–Crippen MR) is 180 cm³/mol. The molecule has 7 nitrogen and oxygen atoms in total. The summed E-state index contributed by atoms with van der Waals surface area (Å²) in [7, 11) is 3.59. The van der Waals surface area contributed by atoms with Crippen molar-refractivity contribution in [3.05, 3.63) is 108 Å². The summed E-state index contributed by atoms with van der Waals surface area (Å²) >= 11 is 0. The van der Waals surface area contributed by atoms with E-state index in [2.05, 4.69) is 10.6 Å². The molecule has 0 aliphatic rings. The van der Waals surface area contributed by atoms with E-state index in [0.29, 0.717) is 22.5 Å². The maximum atomic E-state index is 13.4. The topological polar surface area (TPSA) is 81.8 Å². The number of carbonyl (C=O) groups is 3. The molecule has 0 aliphatic carbocycles. The second kappa shape index (κ2) is 12.8. The zero-order valence-electron chi connectivity index (χ0n) is 26.9. The largest absolute Gasteiger partial charge is 0.337 e. The molecule has 4 amide bonds. The van der Waals surface area contributed by atoms with Gasteiger partial charge in [-0.2, -0.15) is 0 Å². The number of urea groups is 1. The average Bonchev–Trinajstić information content (AvgIpc) is 2.99. The van der Waals surface area contributed by atoms with Crippen LogP contribution in [0.5, 0.6) is 0 Å². The molecule has 0 spiro atoms. The Labute approximate surface area is 260 Å². The van der Waals surface area contributed by atoms with Gasteiger partial charge in [-0.15, -0.1) is 0 Å². The molecule has 4 rings (SSSR count). The van der Waals surface area contributed by atoms with Crippen molar-refractivity contribution < 1.29 is 14.4 Å². The molecule has 2 N–H and O–H groups in total. The van der Waals surface area contributed by atoms with Crippen LogP contribution in [-0.4, -0.2) is 52.8 Å². The van der Waals surface area contributed by atoms with Crippen LogP contribution < -0.4 is 10.6 Å². The van der Waals surface area contributed by atoms with Gasteiger partial charge in [-0.05, 0) is 89.1 Å². The van der Waals surface area contributed by atoms with Crippen molar-refractivity contribution in [2.24, 2.45) is 0 Å². The number of amides is 4. The summed E-state index contributed by atoms with van der Waals surface area (Å²) in [5.41, 5.74) is 4.93. The van der Waals surface area contributed by atoms with E-state index in [4.69, 9.17) is 0 Å². The SMILES string of the molecule is CN(C(=O)c1cccc(-c2ccccc2NC(=O)Nc2ccccc2-c2cccc(C(=O)N(C)C(C)(C)C)c2)c1)C(C)(C)C. The number of hydrogen-bond donors (Lipinski definition) is 2. The summed E-state index contributed by atoms with van der Waals surface area (Å²) in [5, 5.41) is 5.97. The number of hydrogen-bond acceptors (Lipinski definition) is 3. The van der Waals surface area contributed by atoms with Gasteiger partial charge in [0.2, 0.25) is 0 Å². The molecule has 0 saturated heterocycles. The van der Waals surface area contributed by atoms with E-state index in [0.717, 1.165) is 22.3 Å². The lowest BCUT2D eigenvalue weighted by Gasteiger charge is -2.32. The number of carbonyl (C=O) groups excluding carboxylic acids is 3. The van der Waals surface area contributed by atoms with Gasteiger partial charge in [0.15, 0.2) is 0 Å². The van der Waals surface area contributed by atoms with Crippen molar-refractivity contribution in [3.8, 4) is 22.3 Å². The standard InChI is InChI=1S/C37H42N4O3/c1-36(2,3)40(7)33(42)27-17-13-15-25(23-27)29-19-9-11-21-31(29)38-35(44)39-32-22-12-10-20-30(32)26-16-14-18-28(24-26)34(43)41(8)37(4,5)6/h9-24H,1-8H3,(H2,38,39,44). The van der Waals surface area contributed by atoms with E-state index in [9.17, 15) is 14.4 Å². The van der Waals surface area contributed by atoms with E-state index in [1.807, 2.05) is 126 Å². The lowest BCUT2D eigenvalue weighted by atomic mass is 9.99. The van der Waals surface area contributed by atoms with E-state index in [1.165, 1.54) is 0 Å². The summed E-state index contributed by atoms with van der Waals surface area (Å²) in [6, 6.07) is 29.4. The zero-order valence-corrected chi connectivity index (χ0v) is 26.9. The van der Waals surface area contributed by atoms with Crippen LogP contribution in [0.4, 0.5) is 16.2 Å². The van der Waals surface area contributed by atoms with Gasteiger partial charge in [-0.25, -0.2) is 4.79 Å². The van der Waals surface area contributed by atoms with Gasteiger partial charge < -0.3 is 20.4 Å². The second-order valence-corrected chi connectivity index (χ2v) is 12.9. The maximum absolute atomic E-state index is 13.4. The first kappa shape index (κ1) is 32.0. The fourth-order valence-corrected chi connectivity index (χ4v) is 4.60. The van der Waals surface area contributed by atoms with Crippen molar-refractivity contribution in [3.63, 3.8) is 0 Å². The molecule has 0 heterocycles. The molecule has 0 unspecified atom stereocenters. The minimum atomic E-state index is -0.413. The van der Waals surface area contributed by atoms with Crippen LogP contribution in [0.2, 0.25) is 0 Å². The van der Waals surface area contributed by atoms with Crippen LogP contribution in [0.15, 0.2) is 97.1 Å². The zero-order chi connectivity index (χ0) is 32.2. The molecule has 0 atom stereocenters. The highest BCUT2D eigenvalue weighted by atomic mass is 16.2. The lowest BCUT2D eigenvalue weighted by molar-refractivity contribution is 0.0646. The molecule has 4 aromatic carbocycles. The number of anilines is 2. The van der Waals surface area contributed by atoms with E-state index in [1.54, 1.807) is 36.0 Å². The monoisotopic (exact) mass is 590 g/mol. The van der Waals surface area contributed by atoms with Gasteiger partial charge >= 0.3 is 6.03 Å². The molecule has 44 heavy (non-hydrogen) atoms. The third-order valence-electron chi connectivity index (χ3n) is 7.81. The lowest BCUT2D eigenvalue weighted by Crippen LogP contribution is -2.42. The fourth-order valence-electron chi connectivity index (χ4n) is 4.60. The maximum Gasteiger partial charge on any atom is 0.323 e. The second-order valence-electron chi connectivity index (χ2n) is 12.9. The van der Waals surface area contributed by atoms with Crippen molar-refractivity contribution in [1.29, 1.82) is 0 Å². The van der Waals surface area contributed by atoms with Gasteiger partial charge in [0, 0.05) is 47.4 Å². The summed E-state index contributed by atoms with van der Waals surface area (Å²) < 4.78 is 0. The summed E-state index contributed by atoms with van der Waals surface area (Å²) in [5.74, 6) is -0.148. The minimum absolute atomic E-state index is 0.0741. The number of nitrogens with one attached hydrogen (secondary N) is 2. The molecule has 0 aliphatic heterocycles. The number of nitrogens with zero attached hydrogens (tertiary/aromatic N) is 2. The van der Waals surface area contributed by atoms with Gasteiger partial charge in [0.25, 0.3) is 11.8 Å². The third kappa shape index (κ3) is 7.35. The number of benzene rings is 4. The van der Waals surface area contributed by atoms with Gasteiger partial charge in [0.05, 0.1) is 11.4 Å². The van der Waals surface area contributed by atoms with Crippen molar-refractivity contribution in [2.45, 2.75) is 52.6 Å². The first-order chi connectivity index (χ1) is 20.7. The first-order valence-electron chi connectivity index (χ1n) is 14.7. The summed E-state index contributed by atoms with van der Waals surface area (Å²) in [6.45, 7) is 12.0. The first-order valence-corrected chi connectivity index (χ1v) is 14.7. The molecule has 4 aromatic rings. The van der Waals surface area contributed by atoms with Gasteiger partial charge in [0.1, 0.15) is 0 Å². The van der Waals surface area contributed by atoms with E-state index >= 15 is 0 Å². The molecule has 7 heteroatoms. The molecule has 0 saturated carbocycles. The molecule has 0 bridgehead atoms. The molecular formula is C37H42N4O3. The Morgan fingerprint density at radius 1 is 0.523 bits per heavy atom. The Bertz CT molecular complexity index is 1560. The summed E-state index contributed by atoms with van der Waals surface area (Å²) in [4.78, 5) is 43.1. The van der Waals surface area contributed by atoms with Crippen molar-refractivity contribution in [1.82, 2.24) is 9.80 Å². The van der Waals surface area contributed by atoms with Crippen LogP contribution >= 0.6 is 0 Å². The Morgan fingerprint density at radius 2 is 0.886 bits per heavy atom. The van der Waals surface area contributed by atoms with E-state index in [-0.39, 0.29) is 22.9 Å². The van der Waals surface area contributed by atoms with Crippen molar-refractivity contribution >= 4 is 29.2 Å². The van der Waals surface area contributed by atoms with Crippen LogP contribution in [0, 0.1) is 0 Å². The smallest absolute Gasteiger partial charge is 0.323 e. The van der Waals surface area contributed by atoms with Crippen LogP contribution in [0.3, 0.4) is 0 Å². The Kier molecular flexibility index (Phi) is 9.28. The van der Waals surface area contributed by atoms with Crippen LogP contribution in [0.25, 0.3) is 22.3 Å². The van der Waals surface area contributed by atoms with Crippen LogP contribution in [-0.2, 0) is 0 Å². The fraction of sp³-hybridized carbons (Fsp3) is 0.270. The Balaban J connectivity index is 1.58. The van der Waals surface area contributed by atoms with Gasteiger partial charge in [-0.3, -0.25) is 9.59 Å². The molecule has 0 fully saturated rings. The minimum Gasteiger partial charge on any atom is -0.337 e. The predicted octanol–water partition coefficient (Wildman–Crippen LogP) is 8.41. The Hall–Kier alpha value is -4.91. The highest BCUT2D eigenvalue weighted by Gasteiger charge is 2.25. The summed E-state index contributed by atoms with van der Waals surface area (Å²) in [6.07, 6.45) is 0. The average molecular weight is 591 g/mol.